The van der Waals surface area contributed by atoms with Gasteiger partial charge in [0.15, 0.2) is 5.60 Å². The molecule has 2 saturated carbocycles. The highest BCUT2D eigenvalue weighted by molar-refractivity contribution is 5.87. The average molecular weight is 773 g/mol. The van der Waals surface area contributed by atoms with E-state index in [0.717, 1.165) is 36.8 Å². The van der Waals surface area contributed by atoms with Gasteiger partial charge in [0.25, 0.3) is 0 Å². The second kappa shape index (κ2) is 16.6. The molecule has 3 aliphatic carbocycles. The van der Waals surface area contributed by atoms with Crippen LogP contribution in [0, 0.1) is 41.1 Å². The summed E-state index contributed by atoms with van der Waals surface area (Å²) in [5, 5.41) is 79.7. The highest BCUT2D eigenvalue weighted by Gasteiger charge is 2.64. The number of fused-ring (bicyclic) bond motifs is 10. The van der Waals surface area contributed by atoms with Gasteiger partial charge in [-0.1, -0.05) is 61.3 Å². The van der Waals surface area contributed by atoms with E-state index in [9.17, 15) is 40.5 Å². The van der Waals surface area contributed by atoms with Crippen LogP contribution in [0.5, 0.6) is 5.75 Å². The molecule has 12 atom stereocenters. The summed E-state index contributed by atoms with van der Waals surface area (Å²) in [5.74, 6) is 1.09. The molecule has 56 heavy (non-hydrogen) atoms. The summed E-state index contributed by atoms with van der Waals surface area (Å²) in [6.45, 7) is 3.64. The molecule has 0 amide bonds. The molecule has 1 spiro atoms. The lowest BCUT2D eigenvalue weighted by Crippen LogP contribution is -2.70. The van der Waals surface area contributed by atoms with Crippen LogP contribution < -0.4 is 4.74 Å². The zero-order chi connectivity index (χ0) is 39.7. The Morgan fingerprint density at radius 1 is 0.964 bits per heavy atom. The van der Waals surface area contributed by atoms with Crippen molar-refractivity contribution >= 4 is 5.97 Å². The second-order valence-corrected chi connectivity index (χ2v) is 16.9. The smallest absolute Gasteiger partial charge is 0.335 e. The fourth-order valence-electron chi connectivity index (χ4n) is 10.8. The molecule has 2 bridgehead atoms. The number of aliphatic hydroxyl groups excluding tert-OH is 4. The minimum Gasteiger partial charge on any atom is -0.478 e. The van der Waals surface area contributed by atoms with Crippen LogP contribution >= 0.6 is 0 Å². The van der Waals surface area contributed by atoms with Crippen LogP contribution in [0.3, 0.4) is 0 Å². The maximum atomic E-state index is 12.7. The first kappa shape index (κ1) is 40.5. The molecule has 2 aromatic carbocycles. The molecule has 3 fully saturated rings. The van der Waals surface area contributed by atoms with Crippen molar-refractivity contribution in [2.45, 2.75) is 125 Å². The van der Waals surface area contributed by atoms with Gasteiger partial charge in [-0.3, -0.25) is 0 Å². The van der Waals surface area contributed by atoms with Crippen molar-refractivity contribution in [3.05, 3.63) is 90.0 Å². The standard InChI is InChI=1S/C45H56O11/c1-2-7-28-12-17-33(18-13-28)55-42-45(53)27-34(35(47)8-6-23-54-36(9-5-22-46)39(56-42)38(48)40(45)49)31-16-19-37-43(20-3-4-21-43)32(26-44(37,52)25-31)24-29-10-14-30(15-11-29)41(50)51/h2,10-19,31-32,34-40,42,46-49,52-53H,1,3-5,7-9,20-22,24-27H2,(H,50,51). The lowest BCUT2D eigenvalue weighted by Gasteiger charge is -2.51. The summed E-state index contributed by atoms with van der Waals surface area (Å²) in [6.07, 6.45) is 7.00. The highest BCUT2D eigenvalue weighted by atomic mass is 16.7. The molecular formula is C45H56O11. The number of ether oxygens (including phenoxy) is 3. The van der Waals surface area contributed by atoms with E-state index < -0.39 is 65.8 Å². The molecule has 2 aromatic rings. The first-order chi connectivity index (χ1) is 26.9. The monoisotopic (exact) mass is 772 g/mol. The Kier molecular flexibility index (Phi) is 12.0. The number of aromatic carboxylic acids is 1. The summed E-state index contributed by atoms with van der Waals surface area (Å²) in [5.41, 5.74) is -1.23. The maximum Gasteiger partial charge on any atom is 0.335 e. The van der Waals surface area contributed by atoms with Gasteiger partial charge >= 0.3 is 5.97 Å². The number of rotatable bonds is 11. The van der Waals surface area contributed by atoms with E-state index in [4.69, 9.17) is 14.2 Å². The molecule has 3 aliphatic heterocycles. The van der Waals surface area contributed by atoms with Crippen molar-refractivity contribution in [2.24, 2.45) is 29.1 Å². The molecule has 12 unspecified atom stereocenters. The van der Waals surface area contributed by atoms with Crippen LogP contribution in [-0.4, -0.2) is 96.3 Å². The summed E-state index contributed by atoms with van der Waals surface area (Å²) < 4.78 is 18.5. The Balaban J connectivity index is 1.21. The molecule has 11 nitrogen and oxygen atoms in total. The number of carboxylic acids is 1. The van der Waals surface area contributed by atoms with Crippen LogP contribution in [-0.2, 0) is 22.3 Å². The van der Waals surface area contributed by atoms with Gasteiger partial charge in [0, 0.05) is 18.9 Å². The minimum atomic E-state index is -2.23. The Hall–Kier alpha value is -3.73. The highest BCUT2D eigenvalue weighted by Crippen LogP contribution is 2.65. The zero-order valence-electron chi connectivity index (χ0n) is 31.8. The van der Waals surface area contributed by atoms with Gasteiger partial charge < -0.3 is 50.0 Å². The van der Waals surface area contributed by atoms with Crippen LogP contribution in [0.1, 0.15) is 85.7 Å². The number of aliphatic hydroxyl groups is 6. The van der Waals surface area contributed by atoms with E-state index in [-0.39, 0.29) is 48.7 Å². The van der Waals surface area contributed by atoms with E-state index in [1.807, 2.05) is 30.3 Å². The molecule has 0 aromatic heterocycles. The van der Waals surface area contributed by atoms with Crippen molar-refractivity contribution in [1.29, 1.82) is 0 Å². The SMILES string of the molecule is C=CCc1ccc(OC2OC3C(CCCO)OC#CCC(O)C(C4C=CC5C(O)(C4)CC(Cc4ccc(C(=O)O)cc4)C54CCCC4)CC2(O)C(O)C3O)cc1. The third-order valence-corrected chi connectivity index (χ3v) is 13.6. The van der Waals surface area contributed by atoms with E-state index in [0.29, 0.717) is 37.9 Å². The third-order valence-electron chi connectivity index (χ3n) is 13.6. The first-order valence-corrected chi connectivity index (χ1v) is 20.2. The van der Waals surface area contributed by atoms with Crippen LogP contribution in [0.25, 0.3) is 0 Å². The molecule has 3 heterocycles. The van der Waals surface area contributed by atoms with Crippen LogP contribution in [0.2, 0.25) is 0 Å². The quantitative estimate of drug-likeness (QED) is 0.128. The van der Waals surface area contributed by atoms with Crippen LogP contribution in [0.4, 0.5) is 0 Å². The predicted octanol–water partition coefficient (Wildman–Crippen LogP) is 4.31. The number of hydrogen-bond donors (Lipinski definition) is 7. The molecule has 7 N–H and O–H groups in total. The Morgan fingerprint density at radius 3 is 2.36 bits per heavy atom. The number of carboxylic acid groups (broad SMARTS) is 1. The number of allylic oxidation sites excluding steroid dienone is 2. The molecule has 6 aliphatic rings. The Bertz CT molecular complexity index is 1780. The average Bonchev–Trinajstić information content (AvgIpc) is 3.76. The van der Waals surface area contributed by atoms with Crippen molar-refractivity contribution in [1.82, 2.24) is 0 Å². The maximum absolute atomic E-state index is 12.7. The first-order valence-electron chi connectivity index (χ1n) is 20.2. The van der Waals surface area contributed by atoms with E-state index in [1.165, 1.54) is 0 Å². The van der Waals surface area contributed by atoms with Gasteiger partial charge in [0.1, 0.15) is 36.3 Å². The Morgan fingerprint density at radius 2 is 1.68 bits per heavy atom. The van der Waals surface area contributed by atoms with Gasteiger partial charge in [-0.2, -0.15) is 0 Å². The third kappa shape index (κ3) is 7.78. The second-order valence-electron chi connectivity index (χ2n) is 16.9. The fourth-order valence-corrected chi connectivity index (χ4v) is 10.8. The normalized spacial score (nSPS) is 37.4. The lowest BCUT2D eigenvalue weighted by molar-refractivity contribution is -0.334. The minimum absolute atomic E-state index is 0.0149. The molecule has 11 heteroatoms. The molecular weight excluding hydrogens is 716 g/mol. The largest absolute Gasteiger partial charge is 0.478 e. The summed E-state index contributed by atoms with van der Waals surface area (Å²) >= 11 is 0. The van der Waals surface area contributed by atoms with Crippen molar-refractivity contribution < 1.29 is 54.8 Å². The van der Waals surface area contributed by atoms with Crippen LogP contribution in [0.15, 0.2) is 73.3 Å². The van der Waals surface area contributed by atoms with Crippen molar-refractivity contribution in [3.8, 4) is 17.8 Å². The lowest BCUT2D eigenvalue weighted by atomic mass is 9.62. The van der Waals surface area contributed by atoms with E-state index >= 15 is 0 Å². The van der Waals surface area contributed by atoms with Gasteiger partial charge in [0.05, 0.1) is 17.3 Å². The van der Waals surface area contributed by atoms with E-state index in [1.54, 1.807) is 30.3 Å². The Labute approximate surface area is 328 Å². The predicted molar refractivity (Wildman–Crippen MR) is 206 cm³/mol. The molecule has 1 saturated heterocycles. The van der Waals surface area contributed by atoms with Crippen molar-refractivity contribution in [3.63, 3.8) is 0 Å². The van der Waals surface area contributed by atoms with Crippen molar-refractivity contribution in [2.75, 3.05) is 6.61 Å². The summed E-state index contributed by atoms with van der Waals surface area (Å²) in [4.78, 5) is 11.5. The number of benzene rings is 2. The summed E-state index contributed by atoms with van der Waals surface area (Å²) in [6, 6.07) is 14.2. The number of carbonyl (C=O) groups is 1. The zero-order valence-corrected chi connectivity index (χ0v) is 31.8. The van der Waals surface area contributed by atoms with Gasteiger partial charge in [0.2, 0.25) is 6.29 Å². The fraction of sp³-hybridized carbons (Fsp3) is 0.578. The molecule has 302 valence electrons. The summed E-state index contributed by atoms with van der Waals surface area (Å²) in [7, 11) is 0. The van der Waals surface area contributed by atoms with Gasteiger partial charge in [-0.25, -0.2) is 4.79 Å². The van der Waals surface area contributed by atoms with E-state index in [2.05, 4.69) is 24.7 Å². The molecule has 8 rings (SSSR count). The molecule has 0 radical (unpaired) electrons. The number of hydrogen-bond acceptors (Lipinski definition) is 10. The van der Waals surface area contributed by atoms with Gasteiger partial charge in [-0.15, -0.1) is 6.58 Å². The van der Waals surface area contributed by atoms with Gasteiger partial charge in [-0.05, 0) is 116 Å². The topological polar surface area (TPSA) is 186 Å².